The van der Waals surface area contributed by atoms with Crippen LogP contribution in [0, 0.1) is 5.82 Å². The van der Waals surface area contributed by atoms with Gasteiger partial charge in [0, 0.05) is 26.7 Å². The number of rotatable bonds is 3. The fourth-order valence-corrected chi connectivity index (χ4v) is 2.28. The Labute approximate surface area is 117 Å². The molecule has 0 aliphatic carbocycles. The molecule has 1 atom stereocenters. The standard InChI is InChI=1S/C14H18FN3O2/c1-16-14(20)12-9-17-6-7-18(12)13(19)8-10-2-4-11(15)5-3-10/h2-5,12,17H,6-9H2,1H3,(H,16,20)/t12-/m0/s1. The zero-order chi connectivity index (χ0) is 14.5. The summed E-state index contributed by atoms with van der Waals surface area (Å²) in [7, 11) is 1.56. The molecule has 1 fully saturated rings. The molecule has 1 aliphatic heterocycles. The van der Waals surface area contributed by atoms with E-state index in [9.17, 15) is 14.0 Å². The molecule has 0 bridgehead atoms. The molecule has 5 nitrogen and oxygen atoms in total. The van der Waals surface area contributed by atoms with Gasteiger partial charge in [-0.1, -0.05) is 12.1 Å². The summed E-state index contributed by atoms with van der Waals surface area (Å²) in [6, 6.07) is 5.35. The average Bonchev–Trinajstić information content (AvgIpc) is 2.48. The molecule has 6 heteroatoms. The number of carbonyl (C=O) groups is 2. The van der Waals surface area contributed by atoms with Gasteiger partial charge in [-0.25, -0.2) is 4.39 Å². The number of likely N-dealkylation sites (N-methyl/N-ethyl adjacent to an activating group) is 1. The Morgan fingerprint density at radius 1 is 1.40 bits per heavy atom. The van der Waals surface area contributed by atoms with Crippen molar-refractivity contribution < 1.29 is 14.0 Å². The van der Waals surface area contributed by atoms with E-state index in [4.69, 9.17) is 0 Å². The first-order chi connectivity index (χ1) is 9.61. The summed E-state index contributed by atoms with van der Waals surface area (Å²) in [6.07, 6.45) is 0.174. The summed E-state index contributed by atoms with van der Waals surface area (Å²) in [5.41, 5.74) is 0.741. The summed E-state index contributed by atoms with van der Waals surface area (Å²) < 4.78 is 12.8. The Balaban J connectivity index is 2.05. The zero-order valence-electron chi connectivity index (χ0n) is 11.4. The monoisotopic (exact) mass is 279 g/mol. The topological polar surface area (TPSA) is 61.4 Å². The van der Waals surface area contributed by atoms with E-state index in [1.165, 1.54) is 12.1 Å². The fourth-order valence-electron chi connectivity index (χ4n) is 2.28. The Bertz CT molecular complexity index is 490. The number of benzene rings is 1. The third kappa shape index (κ3) is 3.33. The van der Waals surface area contributed by atoms with Crippen molar-refractivity contribution in [1.82, 2.24) is 15.5 Å². The highest BCUT2D eigenvalue weighted by atomic mass is 19.1. The zero-order valence-corrected chi connectivity index (χ0v) is 11.4. The van der Waals surface area contributed by atoms with Crippen molar-refractivity contribution in [3.05, 3.63) is 35.6 Å². The van der Waals surface area contributed by atoms with E-state index in [2.05, 4.69) is 10.6 Å². The maximum absolute atomic E-state index is 12.8. The second-order valence-electron chi connectivity index (χ2n) is 4.72. The third-order valence-electron chi connectivity index (χ3n) is 3.38. The van der Waals surface area contributed by atoms with Gasteiger partial charge in [-0.15, -0.1) is 0 Å². The van der Waals surface area contributed by atoms with Gasteiger partial charge in [-0.3, -0.25) is 9.59 Å². The second-order valence-corrected chi connectivity index (χ2v) is 4.72. The van der Waals surface area contributed by atoms with E-state index in [0.29, 0.717) is 19.6 Å². The van der Waals surface area contributed by atoms with Crippen molar-refractivity contribution in [2.75, 3.05) is 26.7 Å². The molecule has 2 N–H and O–H groups in total. The fraction of sp³-hybridized carbons (Fsp3) is 0.429. The van der Waals surface area contributed by atoms with Gasteiger partial charge >= 0.3 is 0 Å². The van der Waals surface area contributed by atoms with E-state index < -0.39 is 6.04 Å². The predicted octanol–water partition coefficient (Wildman–Crippen LogP) is -0.0854. The number of carbonyl (C=O) groups excluding carboxylic acids is 2. The Morgan fingerprint density at radius 2 is 2.10 bits per heavy atom. The van der Waals surface area contributed by atoms with Crippen LogP contribution < -0.4 is 10.6 Å². The predicted molar refractivity (Wildman–Crippen MR) is 72.5 cm³/mol. The van der Waals surface area contributed by atoms with Crippen LogP contribution in [0.1, 0.15) is 5.56 Å². The van der Waals surface area contributed by atoms with Crippen LogP contribution >= 0.6 is 0 Å². The van der Waals surface area contributed by atoms with Crippen molar-refractivity contribution in [3.8, 4) is 0 Å². The van der Waals surface area contributed by atoms with Gasteiger partial charge in [0.15, 0.2) is 0 Å². The minimum Gasteiger partial charge on any atom is -0.357 e. The van der Waals surface area contributed by atoms with Gasteiger partial charge in [0.25, 0.3) is 0 Å². The lowest BCUT2D eigenvalue weighted by Crippen LogP contribution is -2.59. The van der Waals surface area contributed by atoms with E-state index >= 15 is 0 Å². The smallest absolute Gasteiger partial charge is 0.243 e. The van der Waals surface area contributed by atoms with Crippen molar-refractivity contribution >= 4 is 11.8 Å². The van der Waals surface area contributed by atoms with Crippen LogP contribution in [-0.2, 0) is 16.0 Å². The van der Waals surface area contributed by atoms with Crippen LogP contribution in [0.3, 0.4) is 0 Å². The van der Waals surface area contributed by atoms with E-state index in [0.717, 1.165) is 5.56 Å². The first-order valence-corrected chi connectivity index (χ1v) is 6.58. The van der Waals surface area contributed by atoms with Crippen LogP contribution in [0.15, 0.2) is 24.3 Å². The highest BCUT2D eigenvalue weighted by Crippen LogP contribution is 2.10. The minimum atomic E-state index is -0.485. The molecule has 1 aromatic rings. The lowest BCUT2D eigenvalue weighted by molar-refractivity contribution is -0.140. The molecule has 1 saturated heterocycles. The summed E-state index contributed by atoms with van der Waals surface area (Å²) in [6.45, 7) is 1.62. The Hall–Kier alpha value is -1.95. The molecule has 0 radical (unpaired) electrons. The van der Waals surface area contributed by atoms with E-state index in [1.807, 2.05) is 0 Å². The SMILES string of the molecule is CNC(=O)[C@@H]1CNCCN1C(=O)Cc1ccc(F)cc1. The summed E-state index contributed by atoms with van der Waals surface area (Å²) in [5.74, 6) is -0.622. The molecule has 0 saturated carbocycles. The Morgan fingerprint density at radius 3 is 2.75 bits per heavy atom. The molecule has 2 rings (SSSR count). The van der Waals surface area contributed by atoms with Crippen LogP contribution in [0.2, 0.25) is 0 Å². The van der Waals surface area contributed by atoms with Gasteiger partial charge in [0.1, 0.15) is 11.9 Å². The van der Waals surface area contributed by atoms with Gasteiger partial charge in [-0.2, -0.15) is 0 Å². The van der Waals surface area contributed by atoms with Crippen LogP contribution in [0.25, 0.3) is 0 Å². The number of amides is 2. The molecule has 108 valence electrons. The normalized spacial score (nSPS) is 18.7. The molecule has 0 aromatic heterocycles. The summed E-state index contributed by atoms with van der Waals surface area (Å²) in [4.78, 5) is 25.7. The quantitative estimate of drug-likeness (QED) is 0.813. The van der Waals surface area contributed by atoms with Crippen LogP contribution in [0.5, 0.6) is 0 Å². The van der Waals surface area contributed by atoms with Crippen LogP contribution in [0.4, 0.5) is 4.39 Å². The third-order valence-corrected chi connectivity index (χ3v) is 3.38. The van der Waals surface area contributed by atoms with Crippen molar-refractivity contribution in [1.29, 1.82) is 0 Å². The number of piperazine rings is 1. The lowest BCUT2D eigenvalue weighted by atomic mass is 10.1. The number of nitrogens with one attached hydrogen (secondary N) is 2. The van der Waals surface area contributed by atoms with E-state index in [1.54, 1.807) is 24.1 Å². The molecule has 1 heterocycles. The van der Waals surface area contributed by atoms with Gasteiger partial charge in [0.2, 0.25) is 11.8 Å². The average molecular weight is 279 g/mol. The molecule has 2 amide bonds. The molecule has 0 unspecified atom stereocenters. The first-order valence-electron chi connectivity index (χ1n) is 6.58. The minimum absolute atomic E-state index is 0.119. The summed E-state index contributed by atoms with van der Waals surface area (Å²) in [5, 5.41) is 5.67. The highest BCUT2D eigenvalue weighted by molar-refractivity contribution is 5.88. The van der Waals surface area contributed by atoms with Gasteiger partial charge < -0.3 is 15.5 Å². The van der Waals surface area contributed by atoms with Gasteiger partial charge in [0.05, 0.1) is 6.42 Å². The maximum Gasteiger partial charge on any atom is 0.243 e. The molecule has 0 spiro atoms. The first kappa shape index (κ1) is 14.5. The lowest BCUT2D eigenvalue weighted by Gasteiger charge is -2.35. The number of hydrogen-bond acceptors (Lipinski definition) is 3. The number of hydrogen-bond donors (Lipinski definition) is 2. The number of nitrogens with zero attached hydrogens (tertiary/aromatic N) is 1. The molecule has 20 heavy (non-hydrogen) atoms. The largest absolute Gasteiger partial charge is 0.357 e. The number of halogens is 1. The summed E-state index contributed by atoms with van der Waals surface area (Å²) >= 11 is 0. The second kappa shape index (κ2) is 6.47. The molecular formula is C14H18FN3O2. The van der Waals surface area contributed by atoms with Crippen molar-refractivity contribution in [2.45, 2.75) is 12.5 Å². The van der Waals surface area contributed by atoms with Gasteiger partial charge in [-0.05, 0) is 17.7 Å². The molecular weight excluding hydrogens is 261 g/mol. The molecule has 1 aromatic carbocycles. The molecule has 1 aliphatic rings. The van der Waals surface area contributed by atoms with Crippen LogP contribution in [-0.4, -0.2) is 49.4 Å². The van der Waals surface area contributed by atoms with E-state index in [-0.39, 0.29) is 24.1 Å². The van der Waals surface area contributed by atoms with Crippen molar-refractivity contribution in [3.63, 3.8) is 0 Å². The Kier molecular flexibility index (Phi) is 4.68. The highest BCUT2D eigenvalue weighted by Gasteiger charge is 2.31. The maximum atomic E-state index is 12.8. The van der Waals surface area contributed by atoms with Crippen molar-refractivity contribution in [2.24, 2.45) is 0 Å².